The number of hydrogen-bond acceptors (Lipinski definition) is 4. The minimum Gasteiger partial charge on any atom is -0.378 e. The first kappa shape index (κ1) is 12.1. The zero-order valence-corrected chi connectivity index (χ0v) is 10.5. The third-order valence-corrected chi connectivity index (χ3v) is 4.18. The van der Waals surface area contributed by atoms with Gasteiger partial charge in [-0.3, -0.25) is 4.98 Å². The van der Waals surface area contributed by atoms with Crippen LogP contribution in [0, 0.1) is 5.92 Å². The summed E-state index contributed by atoms with van der Waals surface area (Å²) in [6, 6.07) is 4.06. The molecule has 3 rings (SSSR count). The number of hydrogen-bond donors (Lipinski definition) is 1. The molecule has 0 amide bonds. The molecule has 0 saturated carbocycles. The van der Waals surface area contributed by atoms with Gasteiger partial charge in [0.1, 0.15) is 0 Å². The van der Waals surface area contributed by atoms with Gasteiger partial charge in [-0.15, -0.1) is 0 Å². The predicted molar refractivity (Wildman–Crippen MR) is 68.0 cm³/mol. The molecule has 2 aliphatic heterocycles. The number of ether oxygens (including phenoxy) is 2. The van der Waals surface area contributed by atoms with E-state index in [2.05, 4.69) is 11.1 Å². The molecular weight excluding hydrogens is 228 g/mol. The van der Waals surface area contributed by atoms with E-state index < -0.39 is 0 Å². The molecule has 1 aromatic rings. The highest BCUT2D eigenvalue weighted by Crippen LogP contribution is 2.39. The van der Waals surface area contributed by atoms with Crippen LogP contribution in [-0.4, -0.2) is 30.4 Å². The molecule has 0 bridgehead atoms. The van der Waals surface area contributed by atoms with Crippen molar-refractivity contribution < 1.29 is 9.47 Å². The average Bonchev–Trinajstić information content (AvgIpc) is 2.87. The molecule has 0 aromatic carbocycles. The smallest absolute Gasteiger partial charge is 0.0940 e. The molecular formula is C14H20N2O2. The molecule has 0 aliphatic carbocycles. The minimum atomic E-state index is -0.0667. The van der Waals surface area contributed by atoms with Gasteiger partial charge >= 0.3 is 0 Å². The lowest BCUT2D eigenvalue weighted by molar-refractivity contribution is -0.101. The van der Waals surface area contributed by atoms with E-state index in [1.807, 2.05) is 12.3 Å². The highest BCUT2D eigenvalue weighted by molar-refractivity contribution is 5.15. The lowest BCUT2D eigenvalue weighted by Gasteiger charge is -2.39. The van der Waals surface area contributed by atoms with Gasteiger partial charge in [-0.2, -0.15) is 0 Å². The molecule has 18 heavy (non-hydrogen) atoms. The number of pyridine rings is 1. The maximum absolute atomic E-state index is 6.38. The van der Waals surface area contributed by atoms with Gasteiger partial charge < -0.3 is 15.2 Å². The van der Waals surface area contributed by atoms with Gasteiger partial charge in [-0.1, -0.05) is 6.07 Å². The first-order chi connectivity index (χ1) is 8.79. The van der Waals surface area contributed by atoms with Crippen molar-refractivity contribution >= 4 is 0 Å². The second-order valence-electron chi connectivity index (χ2n) is 5.40. The van der Waals surface area contributed by atoms with E-state index in [9.17, 15) is 0 Å². The van der Waals surface area contributed by atoms with Crippen LogP contribution in [0.1, 0.15) is 30.9 Å². The van der Waals surface area contributed by atoms with Crippen LogP contribution in [0.15, 0.2) is 24.5 Å². The Balaban J connectivity index is 1.72. The molecule has 2 aliphatic rings. The molecule has 4 nitrogen and oxygen atoms in total. The zero-order valence-electron chi connectivity index (χ0n) is 10.5. The van der Waals surface area contributed by atoms with Crippen molar-refractivity contribution in [3.8, 4) is 0 Å². The predicted octanol–water partition coefficient (Wildman–Crippen LogP) is 1.67. The van der Waals surface area contributed by atoms with Gasteiger partial charge in [0.05, 0.1) is 12.2 Å². The summed E-state index contributed by atoms with van der Waals surface area (Å²) in [6.45, 7) is 2.33. The molecule has 1 spiro atoms. The zero-order chi connectivity index (χ0) is 12.4. The van der Waals surface area contributed by atoms with Gasteiger partial charge in [-0.05, 0) is 30.4 Å². The minimum absolute atomic E-state index is 0.0556. The lowest BCUT2D eigenvalue weighted by Crippen LogP contribution is -2.43. The molecule has 2 N–H and O–H groups in total. The van der Waals surface area contributed by atoms with Crippen LogP contribution in [0.3, 0.4) is 0 Å². The van der Waals surface area contributed by atoms with Crippen LogP contribution in [0.2, 0.25) is 0 Å². The normalized spacial score (nSPS) is 33.7. The van der Waals surface area contributed by atoms with Crippen LogP contribution in [0.5, 0.6) is 0 Å². The summed E-state index contributed by atoms with van der Waals surface area (Å²) in [6.07, 6.45) is 6.69. The Bertz CT molecular complexity index is 390. The molecule has 3 atom stereocenters. The van der Waals surface area contributed by atoms with E-state index in [1.165, 1.54) is 0 Å². The van der Waals surface area contributed by atoms with Crippen molar-refractivity contribution in [2.45, 2.75) is 30.9 Å². The molecule has 4 heteroatoms. The summed E-state index contributed by atoms with van der Waals surface area (Å²) in [4.78, 5) is 4.15. The van der Waals surface area contributed by atoms with Crippen LogP contribution in [0.4, 0.5) is 0 Å². The Morgan fingerprint density at radius 3 is 3.11 bits per heavy atom. The molecule has 98 valence electrons. The molecule has 2 fully saturated rings. The van der Waals surface area contributed by atoms with E-state index in [1.54, 1.807) is 6.20 Å². The first-order valence-electron chi connectivity index (χ1n) is 6.66. The van der Waals surface area contributed by atoms with Gasteiger partial charge in [0.25, 0.3) is 0 Å². The third-order valence-electron chi connectivity index (χ3n) is 4.18. The molecule has 0 radical (unpaired) electrons. The second kappa shape index (κ2) is 4.96. The van der Waals surface area contributed by atoms with Gasteiger partial charge in [-0.25, -0.2) is 0 Å². The van der Waals surface area contributed by atoms with Crippen molar-refractivity contribution in [1.29, 1.82) is 0 Å². The van der Waals surface area contributed by atoms with Crippen molar-refractivity contribution in [3.05, 3.63) is 30.1 Å². The summed E-state index contributed by atoms with van der Waals surface area (Å²) in [5, 5.41) is 0. The van der Waals surface area contributed by atoms with Crippen molar-refractivity contribution in [3.63, 3.8) is 0 Å². The van der Waals surface area contributed by atoms with E-state index in [-0.39, 0.29) is 11.6 Å². The second-order valence-corrected chi connectivity index (χ2v) is 5.40. The topological polar surface area (TPSA) is 57.4 Å². The Morgan fingerprint density at radius 1 is 1.44 bits per heavy atom. The standard InChI is InChI=1S/C14H20N2O2/c15-13(12-2-1-5-16-9-12)11-3-6-18-14(8-11)4-7-17-10-14/h1-2,5,9,11,13H,3-4,6-8,10,15H2. The van der Waals surface area contributed by atoms with Crippen LogP contribution >= 0.6 is 0 Å². The van der Waals surface area contributed by atoms with Crippen molar-refractivity contribution in [1.82, 2.24) is 4.98 Å². The number of aromatic nitrogens is 1. The Labute approximate surface area is 107 Å². The largest absolute Gasteiger partial charge is 0.378 e. The summed E-state index contributed by atoms with van der Waals surface area (Å²) in [7, 11) is 0. The van der Waals surface area contributed by atoms with Crippen molar-refractivity contribution in [2.24, 2.45) is 11.7 Å². The Morgan fingerprint density at radius 2 is 2.39 bits per heavy atom. The monoisotopic (exact) mass is 248 g/mol. The third kappa shape index (κ3) is 2.28. The molecule has 3 unspecified atom stereocenters. The van der Waals surface area contributed by atoms with Crippen LogP contribution < -0.4 is 5.73 Å². The highest BCUT2D eigenvalue weighted by Gasteiger charge is 2.42. The van der Waals surface area contributed by atoms with Gasteiger partial charge in [0.2, 0.25) is 0 Å². The Hall–Kier alpha value is -0.970. The first-order valence-corrected chi connectivity index (χ1v) is 6.66. The SMILES string of the molecule is NC(c1cccnc1)C1CCOC2(CCOC2)C1. The molecule has 1 aromatic heterocycles. The van der Waals surface area contributed by atoms with E-state index in [0.717, 1.165) is 44.6 Å². The number of nitrogens with zero attached hydrogens (tertiary/aromatic N) is 1. The highest BCUT2D eigenvalue weighted by atomic mass is 16.6. The van der Waals surface area contributed by atoms with E-state index in [0.29, 0.717) is 5.92 Å². The maximum atomic E-state index is 6.38. The lowest BCUT2D eigenvalue weighted by atomic mass is 9.79. The maximum Gasteiger partial charge on any atom is 0.0940 e. The van der Waals surface area contributed by atoms with Crippen LogP contribution in [0.25, 0.3) is 0 Å². The fourth-order valence-electron chi connectivity index (χ4n) is 3.08. The van der Waals surface area contributed by atoms with Gasteiger partial charge in [0.15, 0.2) is 0 Å². The quantitative estimate of drug-likeness (QED) is 0.865. The van der Waals surface area contributed by atoms with Crippen LogP contribution in [-0.2, 0) is 9.47 Å². The van der Waals surface area contributed by atoms with E-state index >= 15 is 0 Å². The summed E-state index contributed by atoms with van der Waals surface area (Å²) >= 11 is 0. The average molecular weight is 248 g/mol. The molecule has 2 saturated heterocycles. The summed E-state index contributed by atoms with van der Waals surface area (Å²) < 4.78 is 11.4. The fourth-order valence-corrected chi connectivity index (χ4v) is 3.08. The summed E-state index contributed by atoms with van der Waals surface area (Å²) in [5.74, 6) is 0.463. The number of nitrogens with two attached hydrogens (primary N) is 1. The molecule has 3 heterocycles. The van der Waals surface area contributed by atoms with Crippen molar-refractivity contribution in [2.75, 3.05) is 19.8 Å². The summed E-state index contributed by atoms with van der Waals surface area (Å²) in [5.41, 5.74) is 7.44. The Kier molecular flexibility index (Phi) is 3.33. The van der Waals surface area contributed by atoms with E-state index in [4.69, 9.17) is 15.2 Å². The number of rotatable bonds is 2. The van der Waals surface area contributed by atoms with Gasteiger partial charge in [0, 0.05) is 38.1 Å². The fraction of sp³-hybridized carbons (Fsp3) is 0.643.